The lowest BCUT2D eigenvalue weighted by atomic mass is 9.93. The second kappa shape index (κ2) is 16.2. The molecule has 2 nitrogen and oxygen atoms in total. The van der Waals surface area contributed by atoms with E-state index in [2.05, 4.69) is 25.4 Å². The first-order valence-electron chi connectivity index (χ1n) is 9.02. The molecule has 126 valence electrons. The summed E-state index contributed by atoms with van der Waals surface area (Å²) in [7, 11) is 0. The minimum Gasteiger partial charge on any atom is -0.355 e. The Morgan fingerprint density at radius 1 is 0.905 bits per heavy atom. The van der Waals surface area contributed by atoms with Gasteiger partial charge in [-0.3, -0.25) is 4.79 Å². The number of amides is 1. The zero-order valence-corrected chi connectivity index (χ0v) is 15.4. The fraction of sp³-hybridized carbons (Fsp3) is 0.944. The summed E-state index contributed by atoms with van der Waals surface area (Å²) in [5.41, 5.74) is 0. The highest BCUT2D eigenvalue weighted by Gasteiger charge is 2.17. The van der Waals surface area contributed by atoms with Crippen molar-refractivity contribution >= 4 is 17.7 Å². The van der Waals surface area contributed by atoms with E-state index in [-0.39, 0.29) is 5.92 Å². The molecule has 0 fully saturated rings. The van der Waals surface area contributed by atoms with Crippen LogP contribution >= 0.6 is 11.8 Å². The third kappa shape index (κ3) is 13.2. The summed E-state index contributed by atoms with van der Waals surface area (Å²) in [6.07, 6.45) is 15.8. The molecule has 0 aromatic heterocycles. The first kappa shape index (κ1) is 20.8. The van der Waals surface area contributed by atoms with Crippen LogP contribution in [0.2, 0.25) is 0 Å². The maximum atomic E-state index is 12.3. The van der Waals surface area contributed by atoms with Crippen LogP contribution in [0.1, 0.15) is 84.5 Å². The molecule has 3 heteroatoms. The summed E-state index contributed by atoms with van der Waals surface area (Å²) in [6, 6.07) is 0. The number of hydrogen-bond donors (Lipinski definition) is 1. The highest BCUT2D eigenvalue weighted by atomic mass is 32.2. The summed E-state index contributed by atoms with van der Waals surface area (Å²) >= 11 is 1.79. The van der Waals surface area contributed by atoms with Gasteiger partial charge in [-0.25, -0.2) is 0 Å². The van der Waals surface area contributed by atoms with E-state index in [0.29, 0.717) is 5.91 Å². The van der Waals surface area contributed by atoms with Gasteiger partial charge in [0.05, 0.1) is 0 Å². The number of thioether (sulfide) groups is 1. The monoisotopic (exact) mass is 315 g/mol. The lowest BCUT2D eigenvalue weighted by molar-refractivity contribution is -0.125. The second-order valence-corrected chi connectivity index (χ2v) is 7.02. The Kier molecular flexibility index (Phi) is 16.1. The molecule has 0 spiro atoms. The Morgan fingerprint density at radius 3 is 1.95 bits per heavy atom. The molecule has 0 bridgehead atoms. The normalized spacial score (nSPS) is 12.3. The summed E-state index contributed by atoms with van der Waals surface area (Å²) in [5.74, 6) is 1.58. The fourth-order valence-electron chi connectivity index (χ4n) is 2.64. The predicted octanol–water partition coefficient (Wildman–Crippen LogP) is 5.41. The number of carbonyl (C=O) groups is 1. The first-order valence-corrected chi connectivity index (χ1v) is 10.4. The summed E-state index contributed by atoms with van der Waals surface area (Å²) in [6.45, 7) is 5.30. The molecule has 0 radical (unpaired) electrons. The topological polar surface area (TPSA) is 29.1 Å². The van der Waals surface area contributed by atoms with Crippen molar-refractivity contribution in [2.24, 2.45) is 5.92 Å². The minimum atomic E-state index is 0.255. The van der Waals surface area contributed by atoms with Gasteiger partial charge >= 0.3 is 0 Å². The van der Waals surface area contributed by atoms with Gasteiger partial charge in [-0.15, -0.1) is 0 Å². The number of nitrogens with one attached hydrogen (secondary N) is 1. The Bertz CT molecular complexity index is 233. The molecular formula is C18H37NOS. The van der Waals surface area contributed by atoms with Gasteiger partial charge in [-0.1, -0.05) is 71.6 Å². The maximum absolute atomic E-state index is 12.3. The number of unbranched alkanes of at least 4 members (excludes halogenated alkanes) is 7. The number of hydrogen-bond acceptors (Lipinski definition) is 2. The van der Waals surface area contributed by atoms with Gasteiger partial charge in [-0.05, 0) is 19.1 Å². The fourth-order valence-corrected chi connectivity index (χ4v) is 2.95. The van der Waals surface area contributed by atoms with E-state index in [1.165, 1.54) is 57.8 Å². The highest BCUT2D eigenvalue weighted by Crippen LogP contribution is 2.19. The van der Waals surface area contributed by atoms with Crippen molar-refractivity contribution in [3.05, 3.63) is 0 Å². The summed E-state index contributed by atoms with van der Waals surface area (Å²) in [4.78, 5) is 12.3. The third-order valence-corrected chi connectivity index (χ3v) is 4.65. The summed E-state index contributed by atoms with van der Waals surface area (Å²) in [5, 5.41) is 3.12. The van der Waals surface area contributed by atoms with Gasteiger partial charge in [-0.2, -0.15) is 11.8 Å². The predicted molar refractivity (Wildman–Crippen MR) is 97.0 cm³/mol. The van der Waals surface area contributed by atoms with Gasteiger partial charge in [0, 0.05) is 18.2 Å². The van der Waals surface area contributed by atoms with Crippen LogP contribution in [0.3, 0.4) is 0 Å². The molecule has 0 rings (SSSR count). The second-order valence-electron chi connectivity index (χ2n) is 6.03. The van der Waals surface area contributed by atoms with Crippen molar-refractivity contribution in [1.29, 1.82) is 0 Å². The van der Waals surface area contributed by atoms with Crippen LogP contribution in [-0.2, 0) is 4.79 Å². The molecule has 21 heavy (non-hydrogen) atoms. The maximum Gasteiger partial charge on any atom is 0.223 e. The molecule has 1 N–H and O–H groups in total. The molecule has 0 aromatic rings. The Morgan fingerprint density at radius 2 is 1.43 bits per heavy atom. The molecule has 0 saturated carbocycles. The van der Waals surface area contributed by atoms with Crippen LogP contribution in [0.4, 0.5) is 0 Å². The lowest BCUT2D eigenvalue weighted by Gasteiger charge is -2.16. The highest BCUT2D eigenvalue weighted by molar-refractivity contribution is 7.98. The van der Waals surface area contributed by atoms with Crippen LogP contribution in [-0.4, -0.2) is 24.5 Å². The minimum absolute atomic E-state index is 0.255. The lowest BCUT2D eigenvalue weighted by Crippen LogP contribution is -2.32. The van der Waals surface area contributed by atoms with Crippen molar-refractivity contribution in [3.8, 4) is 0 Å². The van der Waals surface area contributed by atoms with Gasteiger partial charge in [0.2, 0.25) is 5.91 Å². The molecular weight excluding hydrogens is 278 g/mol. The quantitative estimate of drug-likeness (QED) is 0.409. The number of carbonyl (C=O) groups excluding carboxylic acids is 1. The Labute approximate surface area is 137 Å². The zero-order chi connectivity index (χ0) is 15.8. The van der Waals surface area contributed by atoms with E-state index in [0.717, 1.165) is 25.1 Å². The van der Waals surface area contributed by atoms with Crippen LogP contribution in [0.15, 0.2) is 0 Å². The molecule has 0 aliphatic heterocycles. The van der Waals surface area contributed by atoms with E-state index >= 15 is 0 Å². The molecule has 1 atom stereocenters. The smallest absolute Gasteiger partial charge is 0.223 e. The molecule has 1 amide bonds. The van der Waals surface area contributed by atoms with Crippen LogP contribution in [0, 0.1) is 5.92 Å². The van der Waals surface area contributed by atoms with Gasteiger partial charge in [0.1, 0.15) is 0 Å². The first-order chi connectivity index (χ1) is 10.3. The molecule has 0 saturated heterocycles. The number of rotatable bonds is 15. The summed E-state index contributed by atoms with van der Waals surface area (Å²) < 4.78 is 0. The standard InChI is InChI=1S/C18H37NOS/c1-4-6-8-10-12-14-17(13-11-9-7-5-2)18(20)19-15-16-21-3/h17H,4-16H2,1-3H3,(H,19,20). The molecule has 0 aliphatic carbocycles. The average molecular weight is 316 g/mol. The van der Waals surface area contributed by atoms with Crippen molar-refractivity contribution < 1.29 is 4.79 Å². The van der Waals surface area contributed by atoms with Crippen LogP contribution in [0.5, 0.6) is 0 Å². The van der Waals surface area contributed by atoms with Crippen molar-refractivity contribution in [2.75, 3.05) is 18.6 Å². The van der Waals surface area contributed by atoms with E-state index in [1.54, 1.807) is 11.8 Å². The molecule has 0 aliphatic rings. The SMILES string of the molecule is CCCCCCCC(CCCCCC)C(=O)NCCSC. The van der Waals surface area contributed by atoms with Crippen molar-refractivity contribution in [3.63, 3.8) is 0 Å². The van der Waals surface area contributed by atoms with Gasteiger partial charge in [0.25, 0.3) is 0 Å². The van der Waals surface area contributed by atoms with Gasteiger partial charge < -0.3 is 5.32 Å². The van der Waals surface area contributed by atoms with E-state index in [4.69, 9.17) is 0 Å². The Balaban J connectivity index is 3.97. The van der Waals surface area contributed by atoms with Crippen LogP contribution < -0.4 is 5.32 Å². The van der Waals surface area contributed by atoms with Crippen molar-refractivity contribution in [1.82, 2.24) is 5.32 Å². The van der Waals surface area contributed by atoms with E-state index < -0.39 is 0 Å². The zero-order valence-electron chi connectivity index (χ0n) is 14.6. The molecule has 1 unspecified atom stereocenters. The van der Waals surface area contributed by atoms with Crippen molar-refractivity contribution in [2.45, 2.75) is 84.5 Å². The van der Waals surface area contributed by atoms with Crippen LogP contribution in [0.25, 0.3) is 0 Å². The van der Waals surface area contributed by atoms with Gasteiger partial charge in [0.15, 0.2) is 0 Å². The largest absolute Gasteiger partial charge is 0.355 e. The van der Waals surface area contributed by atoms with E-state index in [1.807, 2.05) is 0 Å². The molecule has 0 heterocycles. The molecule has 0 aromatic carbocycles. The Hall–Kier alpha value is -0.180. The van der Waals surface area contributed by atoms with E-state index in [9.17, 15) is 4.79 Å². The average Bonchev–Trinajstić information content (AvgIpc) is 2.49. The third-order valence-electron chi connectivity index (χ3n) is 4.04.